The normalized spacial score (nSPS) is 10.2. The average molecular weight is 245 g/mol. The van der Waals surface area contributed by atoms with E-state index in [1.54, 1.807) is 6.92 Å². The smallest absolute Gasteiger partial charge is 0.356 e. The fraction of sp³-hybridized carbons (Fsp3) is 0.500. The van der Waals surface area contributed by atoms with Crippen molar-refractivity contribution in [3.63, 3.8) is 0 Å². The van der Waals surface area contributed by atoms with Crippen LogP contribution < -0.4 is 0 Å². The first kappa shape index (κ1) is 12.7. The van der Waals surface area contributed by atoms with Crippen molar-refractivity contribution in [1.29, 1.82) is 0 Å². The van der Waals surface area contributed by atoms with Crippen LogP contribution in [0.2, 0.25) is 0 Å². The van der Waals surface area contributed by atoms with Crippen LogP contribution in [0.25, 0.3) is 0 Å². The summed E-state index contributed by atoms with van der Waals surface area (Å²) in [6, 6.07) is 1.35. The molecule has 0 aliphatic carbocycles. The lowest BCUT2D eigenvalue weighted by atomic mass is 10.3. The summed E-state index contributed by atoms with van der Waals surface area (Å²) in [5.41, 5.74) is 0.325. The first-order valence-corrected chi connectivity index (χ1v) is 5.42. The van der Waals surface area contributed by atoms with Crippen LogP contribution in [0.1, 0.15) is 41.2 Å². The summed E-state index contributed by atoms with van der Waals surface area (Å²) in [7, 11) is 0. The van der Waals surface area contributed by atoms with Crippen LogP contribution in [0, 0.1) is 0 Å². The molecule has 0 bridgehead atoms. The average Bonchev–Trinajstić information content (AvgIpc) is 2.63. The molecule has 0 radical (unpaired) electrons. The minimum absolute atomic E-state index is 0.0677. The van der Waals surface area contributed by atoms with Crippen molar-refractivity contribution in [2.75, 3.05) is 6.61 Å². The first-order chi connectivity index (χ1) is 7.60. The van der Waals surface area contributed by atoms with Crippen molar-refractivity contribution in [1.82, 2.24) is 9.78 Å². The van der Waals surface area contributed by atoms with Gasteiger partial charge in [-0.2, -0.15) is 5.10 Å². The molecule has 0 spiro atoms. The number of hydrogen-bond donors (Lipinski definition) is 0. The molecule has 1 aromatic heterocycles. The molecule has 0 saturated heterocycles. The van der Waals surface area contributed by atoms with Gasteiger partial charge in [-0.1, -0.05) is 6.92 Å². The van der Waals surface area contributed by atoms with Gasteiger partial charge in [0, 0.05) is 12.6 Å². The van der Waals surface area contributed by atoms with E-state index in [-0.39, 0.29) is 18.0 Å². The fourth-order valence-electron chi connectivity index (χ4n) is 1.26. The molecule has 0 N–H and O–H groups in total. The van der Waals surface area contributed by atoms with E-state index in [4.69, 9.17) is 16.3 Å². The lowest BCUT2D eigenvalue weighted by Gasteiger charge is -2.04. The molecule has 1 heterocycles. The molecule has 1 rings (SSSR count). The van der Waals surface area contributed by atoms with Gasteiger partial charge >= 0.3 is 5.97 Å². The van der Waals surface area contributed by atoms with Crippen molar-refractivity contribution >= 4 is 22.8 Å². The summed E-state index contributed by atoms with van der Waals surface area (Å²) < 4.78 is 6.29. The summed E-state index contributed by atoms with van der Waals surface area (Å²) >= 11 is 5.30. The second-order valence-electron chi connectivity index (χ2n) is 3.13. The molecule has 16 heavy (non-hydrogen) atoms. The molecule has 0 aliphatic rings. The number of carbonyl (C=O) groups excluding carboxylic acids is 2. The van der Waals surface area contributed by atoms with Gasteiger partial charge < -0.3 is 4.74 Å². The second-order valence-corrected chi connectivity index (χ2v) is 3.48. The van der Waals surface area contributed by atoms with Crippen LogP contribution >= 0.6 is 11.6 Å². The highest BCUT2D eigenvalue weighted by Crippen LogP contribution is 2.09. The minimum Gasteiger partial charge on any atom is -0.461 e. The molecule has 88 valence electrons. The maximum absolute atomic E-state index is 11.5. The number of rotatable bonds is 5. The van der Waals surface area contributed by atoms with E-state index in [1.807, 2.05) is 6.92 Å². The highest BCUT2D eigenvalue weighted by atomic mass is 35.5. The zero-order chi connectivity index (χ0) is 12.1. The van der Waals surface area contributed by atoms with Crippen LogP contribution in [0.15, 0.2) is 6.07 Å². The molecule has 0 aromatic carbocycles. The van der Waals surface area contributed by atoms with E-state index in [0.29, 0.717) is 6.54 Å². The molecule has 0 amide bonds. The third kappa shape index (κ3) is 2.82. The quantitative estimate of drug-likeness (QED) is 0.586. The molecule has 0 saturated carbocycles. The Morgan fingerprint density at radius 1 is 1.50 bits per heavy atom. The van der Waals surface area contributed by atoms with E-state index in [0.717, 1.165) is 6.42 Å². The number of hydrogen-bond acceptors (Lipinski definition) is 4. The van der Waals surface area contributed by atoms with Crippen molar-refractivity contribution < 1.29 is 14.3 Å². The van der Waals surface area contributed by atoms with Gasteiger partial charge in [-0.05, 0) is 24.9 Å². The monoisotopic (exact) mass is 244 g/mol. The zero-order valence-electron chi connectivity index (χ0n) is 9.20. The Balaban J connectivity index is 3.04. The van der Waals surface area contributed by atoms with Crippen LogP contribution in [0.4, 0.5) is 0 Å². The number of aryl methyl sites for hydroxylation is 1. The maximum atomic E-state index is 11.5. The third-order valence-corrected chi connectivity index (χ3v) is 2.09. The standard InChI is InChI=1S/C10H13ClN2O3/c1-3-5-13-8(10(15)16-4-2)6-7(12-13)9(11)14/h6H,3-5H2,1-2H3. The highest BCUT2D eigenvalue weighted by Gasteiger charge is 2.18. The summed E-state index contributed by atoms with van der Waals surface area (Å²) in [4.78, 5) is 22.5. The molecule has 5 nitrogen and oxygen atoms in total. The topological polar surface area (TPSA) is 61.2 Å². The minimum atomic E-state index is -0.680. The molecular formula is C10H13ClN2O3. The van der Waals surface area contributed by atoms with Gasteiger partial charge in [0.25, 0.3) is 5.24 Å². The van der Waals surface area contributed by atoms with Crippen molar-refractivity contribution in [2.45, 2.75) is 26.8 Å². The Morgan fingerprint density at radius 2 is 2.19 bits per heavy atom. The van der Waals surface area contributed by atoms with E-state index < -0.39 is 11.2 Å². The van der Waals surface area contributed by atoms with Crippen LogP contribution in [-0.2, 0) is 11.3 Å². The largest absolute Gasteiger partial charge is 0.461 e. The zero-order valence-corrected chi connectivity index (χ0v) is 9.95. The Bertz CT molecular complexity index is 401. The van der Waals surface area contributed by atoms with E-state index in [1.165, 1.54) is 10.7 Å². The fourth-order valence-corrected chi connectivity index (χ4v) is 1.36. The maximum Gasteiger partial charge on any atom is 0.356 e. The molecule has 0 aliphatic heterocycles. The van der Waals surface area contributed by atoms with Gasteiger partial charge in [-0.25, -0.2) is 4.79 Å². The second kappa shape index (κ2) is 5.65. The lowest BCUT2D eigenvalue weighted by Crippen LogP contribution is -2.13. The Kier molecular flexibility index (Phi) is 4.49. The number of halogens is 1. The van der Waals surface area contributed by atoms with Crippen LogP contribution in [0.5, 0.6) is 0 Å². The van der Waals surface area contributed by atoms with Crippen molar-refractivity contribution in [3.8, 4) is 0 Å². The lowest BCUT2D eigenvalue weighted by molar-refractivity contribution is 0.0511. The summed E-state index contributed by atoms with van der Waals surface area (Å²) in [5.74, 6) is -0.493. The van der Waals surface area contributed by atoms with Crippen molar-refractivity contribution in [3.05, 3.63) is 17.5 Å². The number of nitrogens with zero attached hydrogens (tertiary/aromatic N) is 2. The van der Waals surface area contributed by atoms with Gasteiger partial charge in [0.15, 0.2) is 0 Å². The first-order valence-electron chi connectivity index (χ1n) is 5.05. The molecule has 1 aromatic rings. The number of aromatic nitrogens is 2. The third-order valence-electron chi connectivity index (χ3n) is 1.90. The molecule has 6 heteroatoms. The Morgan fingerprint density at radius 3 is 2.69 bits per heavy atom. The number of carbonyl (C=O) groups is 2. The van der Waals surface area contributed by atoms with Crippen molar-refractivity contribution in [2.24, 2.45) is 0 Å². The molecular weight excluding hydrogens is 232 g/mol. The molecule has 0 fully saturated rings. The van der Waals surface area contributed by atoms with Crippen LogP contribution in [-0.4, -0.2) is 27.6 Å². The van der Waals surface area contributed by atoms with Gasteiger partial charge in [0.2, 0.25) is 0 Å². The van der Waals surface area contributed by atoms with E-state index in [2.05, 4.69) is 5.10 Å². The predicted molar refractivity (Wildman–Crippen MR) is 58.7 cm³/mol. The van der Waals surface area contributed by atoms with Gasteiger partial charge in [-0.15, -0.1) is 0 Å². The molecule has 0 unspecified atom stereocenters. The Labute approximate surface area is 98.3 Å². The van der Waals surface area contributed by atoms with E-state index >= 15 is 0 Å². The van der Waals surface area contributed by atoms with E-state index in [9.17, 15) is 9.59 Å². The SMILES string of the molecule is CCCn1nc(C(=O)Cl)cc1C(=O)OCC. The predicted octanol–water partition coefficient (Wildman–Crippen LogP) is 1.85. The Hall–Kier alpha value is -1.36. The number of esters is 1. The van der Waals surface area contributed by atoms with Gasteiger partial charge in [0.1, 0.15) is 11.4 Å². The summed E-state index contributed by atoms with van der Waals surface area (Å²) in [6.45, 7) is 4.48. The summed E-state index contributed by atoms with van der Waals surface area (Å²) in [5, 5.41) is 3.26. The molecule has 0 atom stereocenters. The number of ether oxygens (including phenoxy) is 1. The van der Waals surface area contributed by atoms with Gasteiger partial charge in [0.05, 0.1) is 6.61 Å². The van der Waals surface area contributed by atoms with Crippen LogP contribution in [0.3, 0.4) is 0 Å². The van der Waals surface area contributed by atoms with Gasteiger partial charge in [-0.3, -0.25) is 9.48 Å². The summed E-state index contributed by atoms with van der Waals surface area (Å²) in [6.07, 6.45) is 0.796. The highest BCUT2D eigenvalue weighted by molar-refractivity contribution is 6.67.